The molecule has 1 rings (SSSR count). The van der Waals surface area contributed by atoms with Gasteiger partial charge in [-0.05, 0) is 31.5 Å². The van der Waals surface area contributed by atoms with Gasteiger partial charge in [0.05, 0.1) is 13.2 Å². The Balaban J connectivity index is 2.92. The molecule has 0 aliphatic carbocycles. The first-order valence-corrected chi connectivity index (χ1v) is 4.70. The molecule has 0 heterocycles. The summed E-state index contributed by atoms with van der Waals surface area (Å²) in [5, 5.41) is 0. The van der Waals surface area contributed by atoms with Gasteiger partial charge in [0.2, 0.25) is 0 Å². The lowest BCUT2D eigenvalue weighted by Crippen LogP contribution is -2.06. The Morgan fingerprint density at radius 1 is 1.21 bits per heavy atom. The molecule has 0 atom stereocenters. The molecule has 3 heteroatoms. The number of hydrogen-bond donors (Lipinski definition) is 1. The Labute approximate surface area is 84.8 Å². The van der Waals surface area contributed by atoms with Gasteiger partial charge in [0, 0.05) is 12.6 Å². The highest BCUT2D eigenvalue weighted by Gasteiger charge is 2.02. The van der Waals surface area contributed by atoms with Crippen LogP contribution in [0.4, 0.5) is 0 Å². The van der Waals surface area contributed by atoms with Crippen LogP contribution in [0, 0.1) is 0 Å². The number of nitrogens with two attached hydrogens (primary N) is 1. The summed E-state index contributed by atoms with van der Waals surface area (Å²) in [4.78, 5) is 0. The number of ether oxygens (including phenoxy) is 2. The van der Waals surface area contributed by atoms with Crippen molar-refractivity contribution in [3.05, 3.63) is 23.8 Å². The molecule has 78 valence electrons. The molecule has 0 fully saturated rings. The van der Waals surface area contributed by atoms with Gasteiger partial charge in [0.1, 0.15) is 11.5 Å². The normalized spacial score (nSPS) is 10.4. The van der Waals surface area contributed by atoms with Crippen LogP contribution >= 0.6 is 0 Å². The Kier molecular flexibility index (Phi) is 3.77. The topological polar surface area (TPSA) is 44.5 Å². The van der Waals surface area contributed by atoms with Crippen molar-refractivity contribution >= 4 is 0 Å². The molecule has 1 aromatic rings. The van der Waals surface area contributed by atoms with Gasteiger partial charge in [-0.3, -0.25) is 0 Å². The van der Waals surface area contributed by atoms with Gasteiger partial charge < -0.3 is 15.2 Å². The van der Waals surface area contributed by atoms with Crippen LogP contribution in [0.25, 0.3) is 0 Å². The summed E-state index contributed by atoms with van der Waals surface area (Å²) in [7, 11) is 1.63. The average Bonchev–Trinajstić information content (AvgIpc) is 2.16. The van der Waals surface area contributed by atoms with Gasteiger partial charge in [-0.2, -0.15) is 0 Å². The summed E-state index contributed by atoms with van der Waals surface area (Å²) in [5.41, 5.74) is 6.58. The minimum Gasteiger partial charge on any atom is -0.497 e. The highest BCUT2D eigenvalue weighted by Crippen LogP contribution is 2.23. The number of methoxy groups -OCH3 is 1. The molecular weight excluding hydrogens is 178 g/mol. The predicted octanol–water partition coefficient (Wildman–Crippen LogP) is 1.94. The fourth-order valence-corrected chi connectivity index (χ4v) is 1.21. The standard InChI is InChI=1S/C11H17NO2/c1-8(2)14-11-5-9(7-12)4-10(6-11)13-3/h4-6,8H,7,12H2,1-3H3. The van der Waals surface area contributed by atoms with Crippen LogP contribution in [0.2, 0.25) is 0 Å². The van der Waals surface area contributed by atoms with Crippen LogP contribution in [-0.2, 0) is 6.54 Å². The fraction of sp³-hybridized carbons (Fsp3) is 0.455. The Bertz CT molecular complexity index is 275. The van der Waals surface area contributed by atoms with Crippen molar-refractivity contribution in [3.8, 4) is 11.5 Å². The van der Waals surface area contributed by atoms with Crippen molar-refractivity contribution in [2.24, 2.45) is 5.73 Å². The third-order valence-electron chi connectivity index (χ3n) is 1.78. The van der Waals surface area contributed by atoms with E-state index in [0.717, 1.165) is 17.1 Å². The Morgan fingerprint density at radius 3 is 2.36 bits per heavy atom. The maximum absolute atomic E-state index is 5.56. The molecule has 3 nitrogen and oxygen atoms in total. The first kappa shape index (κ1) is 10.9. The van der Waals surface area contributed by atoms with Crippen molar-refractivity contribution < 1.29 is 9.47 Å². The van der Waals surface area contributed by atoms with Gasteiger partial charge in [-0.25, -0.2) is 0 Å². The van der Waals surface area contributed by atoms with Crippen LogP contribution in [0.3, 0.4) is 0 Å². The number of hydrogen-bond acceptors (Lipinski definition) is 3. The van der Waals surface area contributed by atoms with E-state index in [1.54, 1.807) is 7.11 Å². The number of rotatable bonds is 4. The largest absolute Gasteiger partial charge is 0.497 e. The molecule has 0 aliphatic rings. The van der Waals surface area contributed by atoms with Crippen LogP contribution in [0.1, 0.15) is 19.4 Å². The summed E-state index contributed by atoms with van der Waals surface area (Å²) in [6.07, 6.45) is 0.160. The van der Waals surface area contributed by atoms with E-state index in [0.29, 0.717) is 6.54 Å². The molecule has 14 heavy (non-hydrogen) atoms. The van der Waals surface area contributed by atoms with E-state index in [9.17, 15) is 0 Å². The van der Waals surface area contributed by atoms with Crippen molar-refractivity contribution in [2.75, 3.05) is 7.11 Å². The summed E-state index contributed by atoms with van der Waals surface area (Å²) < 4.78 is 10.7. The van der Waals surface area contributed by atoms with E-state index in [1.807, 2.05) is 32.0 Å². The fourth-order valence-electron chi connectivity index (χ4n) is 1.21. The van der Waals surface area contributed by atoms with E-state index in [-0.39, 0.29) is 6.10 Å². The molecular formula is C11H17NO2. The zero-order valence-corrected chi connectivity index (χ0v) is 8.91. The highest BCUT2D eigenvalue weighted by atomic mass is 16.5. The van der Waals surface area contributed by atoms with Gasteiger partial charge in [0.25, 0.3) is 0 Å². The third kappa shape index (κ3) is 2.92. The molecule has 1 aromatic carbocycles. The minimum absolute atomic E-state index is 0.160. The van der Waals surface area contributed by atoms with Crippen molar-refractivity contribution in [3.63, 3.8) is 0 Å². The molecule has 0 spiro atoms. The summed E-state index contributed by atoms with van der Waals surface area (Å²) in [6.45, 7) is 4.47. The van der Waals surface area contributed by atoms with Crippen LogP contribution < -0.4 is 15.2 Å². The number of benzene rings is 1. The quantitative estimate of drug-likeness (QED) is 0.798. The highest BCUT2D eigenvalue weighted by molar-refractivity contribution is 5.38. The SMILES string of the molecule is COc1cc(CN)cc(OC(C)C)c1. The monoisotopic (exact) mass is 195 g/mol. The van der Waals surface area contributed by atoms with Crippen LogP contribution in [0.5, 0.6) is 11.5 Å². The van der Waals surface area contributed by atoms with Crippen molar-refractivity contribution in [1.29, 1.82) is 0 Å². The smallest absolute Gasteiger partial charge is 0.123 e. The van der Waals surface area contributed by atoms with Gasteiger partial charge in [-0.15, -0.1) is 0 Å². The van der Waals surface area contributed by atoms with E-state index in [2.05, 4.69) is 0 Å². The summed E-state index contributed by atoms with van der Waals surface area (Å²) >= 11 is 0. The molecule has 0 bridgehead atoms. The van der Waals surface area contributed by atoms with Gasteiger partial charge in [-0.1, -0.05) is 0 Å². The molecule has 2 N–H and O–H groups in total. The van der Waals surface area contributed by atoms with Gasteiger partial charge in [0.15, 0.2) is 0 Å². The first-order chi connectivity index (χ1) is 6.65. The zero-order chi connectivity index (χ0) is 10.6. The lowest BCUT2D eigenvalue weighted by atomic mass is 10.2. The minimum atomic E-state index is 0.160. The zero-order valence-electron chi connectivity index (χ0n) is 8.91. The van der Waals surface area contributed by atoms with E-state index < -0.39 is 0 Å². The third-order valence-corrected chi connectivity index (χ3v) is 1.78. The Morgan fingerprint density at radius 2 is 1.86 bits per heavy atom. The molecule has 0 aromatic heterocycles. The van der Waals surface area contributed by atoms with E-state index >= 15 is 0 Å². The Hall–Kier alpha value is -1.22. The molecule has 0 aliphatic heterocycles. The van der Waals surface area contributed by atoms with Crippen LogP contribution in [-0.4, -0.2) is 13.2 Å². The van der Waals surface area contributed by atoms with E-state index in [4.69, 9.17) is 15.2 Å². The maximum Gasteiger partial charge on any atom is 0.123 e. The molecule has 0 amide bonds. The first-order valence-electron chi connectivity index (χ1n) is 4.70. The predicted molar refractivity (Wildman–Crippen MR) is 56.6 cm³/mol. The second-order valence-corrected chi connectivity index (χ2v) is 3.39. The average molecular weight is 195 g/mol. The second-order valence-electron chi connectivity index (χ2n) is 3.39. The van der Waals surface area contributed by atoms with Crippen LogP contribution in [0.15, 0.2) is 18.2 Å². The van der Waals surface area contributed by atoms with Crippen molar-refractivity contribution in [1.82, 2.24) is 0 Å². The molecule has 0 unspecified atom stereocenters. The molecule has 0 saturated carbocycles. The van der Waals surface area contributed by atoms with Crippen molar-refractivity contribution in [2.45, 2.75) is 26.5 Å². The molecule has 0 radical (unpaired) electrons. The van der Waals surface area contributed by atoms with Gasteiger partial charge >= 0.3 is 0 Å². The maximum atomic E-state index is 5.56. The molecule has 0 saturated heterocycles. The lowest BCUT2D eigenvalue weighted by molar-refractivity contribution is 0.241. The second kappa shape index (κ2) is 4.86. The summed E-state index contributed by atoms with van der Waals surface area (Å²) in [5.74, 6) is 1.59. The van der Waals surface area contributed by atoms with E-state index in [1.165, 1.54) is 0 Å². The summed E-state index contributed by atoms with van der Waals surface area (Å²) in [6, 6.07) is 5.70. The lowest BCUT2D eigenvalue weighted by Gasteiger charge is -2.12.